The number of amides is 1. The number of likely N-dealkylation sites (tertiary alicyclic amines) is 1. The summed E-state index contributed by atoms with van der Waals surface area (Å²) in [5.41, 5.74) is 0.151. The SMILES string of the molecule is O=C([C@@H]1CCCO1)N1CCC(O)(c2ccccc2)CC1. The molecule has 2 heterocycles. The third-order valence-electron chi connectivity index (χ3n) is 4.42. The van der Waals surface area contributed by atoms with Gasteiger partial charge in [0.15, 0.2) is 0 Å². The van der Waals surface area contributed by atoms with E-state index in [0.29, 0.717) is 32.5 Å². The standard InChI is InChI=1S/C16H21NO3/c18-15(14-7-4-12-20-14)17-10-8-16(19,9-11-17)13-5-2-1-3-6-13/h1-3,5-6,14,19H,4,7-12H2/t14-/m0/s1. The van der Waals surface area contributed by atoms with Gasteiger partial charge in [-0.1, -0.05) is 30.3 Å². The molecule has 1 aromatic rings. The van der Waals surface area contributed by atoms with Crippen LogP contribution in [0.15, 0.2) is 30.3 Å². The number of nitrogens with zero attached hydrogens (tertiary/aromatic N) is 1. The molecule has 4 heteroatoms. The molecule has 1 aromatic carbocycles. The number of hydrogen-bond donors (Lipinski definition) is 1. The van der Waals surface area contributed by atoms with Gasteiger partial charge in [0, 0.05) is 19.7 Å². The number of aliphatic hydroxyl groups is 1. The Kier molecular flexibility index (Phi) is 3.76. The molecule has 1 N–H and O–H groups in total. The Labute approximate surface area is 119 Å². The third-order valence-corrected chi connectivity index (χ3v) is 4.42. The second-order valence-electron chi connectivity index (χ2n) is 5.72. The third kappa shape index (κ3) is 2.58. The summed E-state index contributed by atoms with van der Waals surface area (Å²) in [7, 11) is 0. The van der Waals surface area contributed by atoms with Crippen molar-refractivity contribution in [2.75, 3.05) is 19.7 Å². The van der Waals surface area contributed by atoms with E-state index >= 15 is 0 Å². The lowest BCUT2D eigenvalue weighted by Crippen LogP contribution is -2.48. The Balaban J connectivity index is 1.63. The van der Waals surface area contributed by atoms with E-state index in [-0.39, 0.29) is 12.0 Å². The average Bonchev–Trinajstić information content (AvgIpc) is 3.02. The summed E-state index contributed by atoms with van der Waals surface area (Å²) in [6.07, 6.45) is 2.74. The molecule has 0 saturated carbocycles. The van der Waals surface area contributed by atoms with Gasteiger partial charge in [-0.15, -0.1) is 0 Å². The van der Waals surface area contributed by atoms with Crippen molar-refractivity contribution in [2.45, 2.75) is 37.4 Å². The van der Waals surface area contributed by atoms with Gasteiger partial charge in [0.05, 0.1) is 5.60 Å². The van der Waals surface area contributed by atoms with Crippen LogP contribution in [0.2, 0.25) is 0 Å². The highest BCUT2D eigenvalue weighted by molar-refractivity contribution is 5.81. The Morgan fingerprint density at radius 3 is 2.55 bits per heavy atom. The van der Waals surface area contributed by atoms with Crippen molar-refractivity contribution < 1.29 is 14.6 Å². The molecule has 2 saturated heterocycles. The molecule has 1 atom stereocenters. The van der Waals surface area contributed by atoms with E-state index < -0.39 is 5.60 Å². The first kappa shape index (κ1) is 13.6. The number of benzene rings is 1. The molecule has 2 aliphatic heterocycles. The molecule has 1 amide bonds. The van der Waals surface area contributed by atoms with Crippen LogP contribution in [0.5, 0.6) is 0 Å². The van der Waals surface area contributed by atoms with Crippen molar-refractivity contribution in [3.63, 3.8) is 0 Å². The lowest BCUT2D eigenvalue weighted by molar-refractivity contribution is -0.145. The summed E-state index contributed by atoms with van der Waals surface area (Å²) in [5, 5.41) is 10.7. The first-order chi connectivity index (χ1) is 9.69. The van der Waals surface area contributed by atoms with Crippen molar-refractivity contribution in [2.24, 2.45) is 0 Å². The van der Waals surface area contributed by atoms with Gasteiger partial charge < -0.3 is 14.7 Å². The van der Waals surface area contributed by atoms with Crippen LogP contribution >= 0.6 is 0 Å². The number of carbonyl (C=O) groups is 1. The van der Waals surface area contributed by atoms with E-state index in [1.54, 1.807) is 0 Å². The number of rotatable bonds is 2. The van der Waals surface area contributed by atoms with E-state index in [4.69, 9.17) is 4.74 Å². The predicted molar refractivity (Wildman–Crippen MR) is 75.1 cm³/mol. The van der Waals surface area contributed by atoms with Crippen LogP contribution in [0.1, 0.15) is 31.2 Å². The molecule has 3 rings (SSSR count). The first-order valence-electron chi connectivity index (χ1n) is 7.37. The minimum absolute atomic E-state index is 0.0950. The highest BCUT2D eigenvalue weighted by Gasteiger charge is 2.37. The lowest BCUT2D eigenvalue weighted by Gasteiger charge is -2.39. The fraction of sp³-hybridized carbons (Fsp3) is 0.562. The van der Waals surface area contributed by atoms with Crippen molar-refractivity contribution in [3.8, 4) is 0 Å². The fourth-order valence-electron chi connectivity index (χ4n) is 3.11. The summed E-state index contributed by atoms with van der Waals surface area (Å²) < 4.78 is 5.45. The van der Waals surface area contributed by atoms with Gasteiger partial charge in [-0.25, -0.2) is 0 Å². The molecular weight excluding hydrogens is 254 g/mol. The zero-order valence-electron chi connectivity index (χ0n) is 11.6. The highest BCUT2D eigenvalue weighted by Crippen LogP contribution is 2.33. The van der Waals surface area contributed by atoms with E-state index in [1.807, 2.05) is 35.2 Å². The summed E-state index contributed by atoms with van der Waals surface area (Å²) >= 11 is 0. The van der Waals surface area contributed by atoms with Gasteiger partial charge in [0.25, 0.3) is 5.91 Å². The Hall–Kier alpha value is -1.39. The number of piperidine rings is 1. The summed E-state index contributed by atoms with van der Waals surface area (Å²) in [5.74, 6) is 0.0950. The summed E-state index contributed by atoms with van der Waals surface area (Å²) in [6.45, 7) is 1.90. The molecule has 2 fully saturated rings. The van der Waals surface area contributed by atoms with Crippen LogP contribution in [0, 0.1) is 0 Å². The smallest absolute Gasteiger partial charge is 0.251 e. The van der Waals surface area contributed by atoms with E-state index in [2.05, 4.69) is 0 Å². The molecular formula is C16H21NO3. The van der Waals surface area contributed by atoms with Gasteiger partial charge in [0.2, 0.25) is 0 Å². The van der Waals surface area contributed by atoms with E-state index in [1.165, 1.54) is 0 Å². The maximum atomic E-state index is 12.3. The molecule has 0 aliphatic carbocycles. The van der Waals surface area contributed by atoms with Crippen LogP contribution in [-0.2, 0) is 15.1 Å². The first-order valence-corrected chi connectivity index (χ1v) is 7.37. The van der Waals surface area contributed by atoms with Gasteiger partial charge >= 0.3 is 0 Å². The van der Waals surface area contributed by atoms with Crippen LogP contribution < -0.4 is 0 Å². The summed E-state index contributed by atoms with van der Waals surface area (Å²) in [4.78, 5) is 14.1. The second-order valence-corrected chi connectivity index (χ2v) is 5.72. The zero-order chi connectivity index (χ0) is 14.0. The van der Waals surface area contributed by atoms with Gasteiger partial charge in [-0.05, 0) is 31.2 Å². The van der Waals surface area contributed by atoms with Gasteiger partial charge in [0.1, 0.15) is 6.10 Å². The Morgan fingerprint density at radius 2 is 1.95 bits per heavy atom. The topological polar surface area (TPSA) is 49.8 Å². The Morgan fingerprint density at radius 1 is 1.25 bits per heavy atom. The van der Waals surface area contributed by atoms with Gasteiger partial charge in [-0.2, -0.15) is 0 Å². The van der Waals surface area contributed by atoms with E-state index in [0.717, 1.165) is 18.4 Å². The van der Waals surface area contributed by atoms with Crippen molar-refractivity contribution >= 4 is 5.91 Å². The second kappa shape index (κ2) is 5.54. The molecule has 108 valence electrons. The number of ether oxygens (including phenoxy) is 1. The zero-order valence-corrected chi connectivity index (χ0v) is 11.6. The van der Waals surface area contributed by atoms with Crippen LogP contribution in [0.25, 0.3) is 0 Å². The molecule has 4 nitrogen and oxygen atoms in total. The predicted octanol–water partition coefficient (Wildman–Crippen LogP) is 1.68. The number of carbonyl (C=O) groups excluding carboxylic acids is 1. The largest absolute Gasteiger partial charge is 0.385 e. The molecule has 0 aromatic heterocycles. The molecule has 0 unspecified atom stereocenters. The van der Waals surface area contributed by atoms with E-state index in [9.17, 15) is 9.90 Å². The normalized spacial score (nSPS) is 25.6. The quantitative estimate of drug-likeness (QED) is 0.893. The Bertz CT molecular complexity index is 460. The maximum absolute atomic E-state index is 12.3. The monoisotopic (exact) mass is 275 g/mol. The molecule has 0 radical (unpaired) electrons. The van der Waals surface area contributed by atoms with Crippen LogP contribution in [-0.4, -0.2) is 41.7 Å². The average molecular weight is 275 g/mol. The van der Waals surface area contributed by atoms with Crippen molar-refractivity contribution in [3.05, 3.63) is 35.9 Å². The number of hydrogen-bond acceptors (Lipinski definition) is 3. The minimum Gasteiger partial charge on any atom is -0.385 e. The highest BCUT2D eigenvalue weighted by atomic mass is 16.5. The maximum Gasteiger partial charge on any atom is 0.251 e. The molecule has 2 aliphatic rings. The molecule has 0 bridgehead atoms. The van der Waals surface area contributed by atoms with Gasteiger partial charge in [-0.3, -0.25) is 4.79 Å². The van der Waals surface area contributed by atoms with Crippen LogP contribution in [0.4, 0.5) is 0 Å². The molecule has 0 spiro atoms. The molecule has 20 heavy (non-hydrogen) atoms. The summed E-state index contributed by atoms with van der Waals surface area (Å²) in [6, 6.07) is 9.74. The van der Waals surface area contributed by atoms with Crippen molar-refractivity contribution in [1.29, 1.82) is 0 Å². The lowest BCUT2D eigenvalue weighted by atomic mass is 9.84. The fourth-order valence-corrected chi connectivity index (χ4v) is 3.11. The van der Waals surface area contributed by atoms with Crippen LogP contribution in [0.3, 0.4) is 0 Å². The van der Waals surface area contributed by atoms with Crippen molar-refractivity contribution in [1.82, 2.24) is 4.90 Å². The minimum atomic E-state index is -0.797.